The highest BCUT2D eigenvalue weighted by Gasteiger charge is 2.14. The molecule has 1 rings (SSSR count). The summed E-state index contributed by atoms with van der Waals surface area (Å²) in [5.74, 6) is 0.986. The van der Waals surface area contributed by atoms with E-state index in [1.54, 1.807) is 0 Å². The van der Waals surface area contributed by atoms with Crippen LogP contribution in [0.15, 0.2) is 0 Å². The van der Waals surface area contributed by atoms with Gasteiger partial charge in [0.05, 0.1) is 0 Å². The number of hydrogen-bond donors (Lipinski definition) is 1. The Morgan fingerprint density at radius 2 is 1.77 bits per heavy atom. The molecule has 0 radical (unpaired) electrons. The molecule has 1 heteroatoms. The van der Waals surface area contributed by atoms with E-state index in [0.29, 0.717) is 5.41 Å². The van der Waals surface area contributed by atoms with Gasteiger partial charge in [0.1, 0.15) is 0 Å². The molecule has 0 heterocycles. The molecular weight excluding hydrogens is 158 g/mol. The first-order chi connectivity index (χ1) is 6.08. The van der Waals surface area contributed by atoms with E-state index in [2.05, 4.69) is 26.1 Å². The Kier molecular flexibility index (Phi) is 4.24. The maximum Gasteiger partial charge on any atom is -0.00205 e. The number of nitrogens with one attached hydrogen (secondary N) is 1. The largest absolute Gasteiger partial charge is 0.316 e. The van der Waals surface area contributed by atoms with Crippen LogP contribution in [-0.2, 0) is 0 Å². The van der Waals surface area contributed by atoms with Gasteiger partial charge >= 0.3 is 0 Å². The summed E-state index contributed by atoms with van der Waals surface area (Å²) in [5, 5.41) is 3.58. The second-order valence-electron chi connectivity index (χ2n) is 5.67. The van der Waals surface area contributed by atoms with E-state index in [9.17, 15) is 0 Å². The lowest BCUT2D eigenvalue weighted by Crippen LogP contribution is -2.25. The normalized spacial score (nSPS) is 19.6. The maximum absolute atomic E-state index is 3.58. The highest BCUT2D eigenvalue weighted by molar-refractivity contribution is 4.70. The molecule has 0 unspecified atom stereocenters. The third-order valence-corrected chi connectivity index (χ3v) is 2.96. The van der Waals surface area contributed by atoms with Crippen molar-refractivity contribution in [3.05, 3.63) is 0 Å². The van der Waals surface area contributed by atoms with E-state index < -0.39 is 0 Å². The standard InChI is InChI=1S/C12H25N/c1-12(2,3)8-9-13-10-11-6-4-5-7-11/h11,13H,4-10H2,1-3H3. The topological polar surface area (TPSA) is 12.0 Å². The van der Waals surface area contributed by atoms with E-state index in [1.165, 1.54) is 45.2 Å². The van der Waals surface area contributed by atoms with Gasteiger partial charge in [0, 0.05) is 0 Å². The minimum absolute atomic E-state index is 0.489. The summed E-state index contributed by atoms with van der Waals surface area (Å²) in [6.45, 7) is 9.38. The Morgan fingerprint density at radius 3 is 2.31 bits per heavy atom. The Bertz CT molecular complexity index is 129. The summed E-state index contributed by atoms with van der Waals surface area (Å²) in [5.41, 5.74) is 0.489. The second-order valence-corrected chi connectivity index (χ2v) is 5.67. The molecule has 0 spiro atoms. The van der Waals surface area contributed by atoms with Crippen LogP contribution in [0.5, 0.6) is 0 Å². The van der Waals surface area contributed by atoms with Gasteiger partial charge in [-0.25, -0.2) is 0 Å². The molecule has 0 aliphatic heterocycles. The molecule has 1 aliphatic carbocycles. The lowest BCUT2D eigenvalue weighted by molar-refractivity contribution is 0.358. The molecule has 13 heavy (non-hydrogen) atoms. The summed E-state index contributed by atoms with van der Waals surface area (Å²) in [4.78, 5) is 0. The summed E-state index contributed by atoms with van der Waals surface area (Å²) >= 11 is 0. The van der Waals surface area contributed by atoms with E-state index in [-0.39, 0.29) is 0 Å². The van der Waals surface area contributed by atoms with Crippen LogP contribution in [0, 0.1) is 11.3 Å². The van der Waals surface area contributed by atoms with Crippen molar-refractivity contribution >= 4 is 0 Å². The van der Waals surface area contributed by atoms with E-state index in [1.807, 2.05) is 0 Å². The van der Waals surface area contributed by atoms with Crippen molar-refractivity contribution in [2.45, 2.75) is 52.9 Å². The molecule has 0 aromatic heterocycles. The molecule has 1 fully saturated rings. The van der Waals surface area contributed by atoms with Crippen molar-refractivity contribution in [2.75, 3.05) is 13.1 Å². The minimum atomic E-state index is 0.489. The average Bonchev–Trinajstić information content (AvgIpc) is 2.48. The summed E-state index contributed by atoms with van der Waals surface area (Å²) in [6, 6.07) is 0. The van der Waals surface area contributed by atoms with Crippen molar-refractivity contribution in [1.29, 1.82) is 0 Å². The van der Waals surface area contributed by atoms with E-state index in [4.69, 9.17) is 0 Å². The van der Waals surface area contributed by atoms with Gasteiger partial charge in [-0.3, -0.25) is 0 Å². The number of hydrogen-bond acceptors (Lipinski definition) is 1. The van der Waals surface area contributed by atoms with Gasteiger partial charge in [-0.05, 0) is 43.7 Å². The van der Waals surface area contributed by atoms with Gasteiger partial charge in [0.25, 0.3) is 0 Å². The smallest absolute Gasteiger partial charge is 0.00205 e. The van der Waals surface area contributed by atoms with Crippen LogP contribution in [0.4, 0.5) is 0 Å². The quantitative estimate of drug-likeness (QED) is 0.660. The van der Waals surface area contributed by atoms with Gasteiger partial charge < -0.3 is 5.32 Å². The van der Waals surface area contributed by atoms with Crippen LogP contribution in [0.3, 0.4) is 0 Å². The van der Waals surface area contributed by atoms with Gasteiger partial charge in [0.15, 0.2) is 0 Å². The highest BCUT2D eigenvalue weighted by atomic mass is 14.9. The monoisotopic (exact) mass is 183 g/mol. The van der Waals surface area contributed by atoms with Crippen LogP contribution in [0.2, 0.25) is 0 Å². The lowest BCUT2D eigenvalue weighted by atomic mass is 9.92. The summed E-state index contributed by atoms with van der Waals surface area (Å²) < 4.78 is 0. The van der Waals surface area contributed by atoms with E-state index >= 15 is 0 Å². The third kappa shape index (κ3) is 5.30. The van der Waals surface area contributed by atoms with Crippen LogP contribution in [0.1, 0.15) is 52.9 Å². The Morgan fingerprint density at radius 1 is 1.15 bits per heavy atom. The Labute approximate surface area is 83.3 Å². The Balaban J connectivity index is 1.94. The molecule has 0 amide bonds. The van der Waals surface area contributed by atoms with Crippen LogP contribution in [0.25, 0.3) is 0 Å². The predicted octanol–water partition coefficient (Wildman–Crippen LogP) is 3.20. The molecule has 0 aromatic rings. The highest BCUT2D eigenvalue weighted by Crippen LogP contribution is 2.24. The van der Waals surface area contributed by atoms with Crippen molar-refractivity contribution in [1.82, 2.24) is 5.32 Å². The summed E-state index contributed by atoms with van der Waals surface area (Å²) in [7, 11) is 0. The minimum Gasteiger partial charge on any atom is -0.316 e. The molecule has 1 saturated carbocycles. The number of rotatable bonds is 4. The van der Waals surface area contributed by atoms with Gasteiger partial charge in [-0.2, -0.15) is 0 Å². The maximum atomic E-state index is 3.58. The molecule has 1 N–H and O–H groups in total. The third-order valence-electron chi connectivity index (χ3n) is 2.96. The molecule has 78 valence electrons. The summed E-state index contributed by atoms with van der Waals surface area (Å²) in [6.07, 6.45) is 7.14. The van der Waals surface area contributed by atoms with Crippen molar-refractivity contribution in [3.63, 3.8) is 0 Å². The second kappa shape index (κ2) is 4.99. The predicted molar refractivity (Wildman–Crippen MR) is 58.9 cm³/mol. The SMILES string of the molecule is CC(C)(C)CCNCC1CCCC1. The molecular formula is C12H25N. The van der Waals surface area contributed by atoms with Crippen molar-refractivity contribution in [2.24, 2.45) is 11.3 Å². The fraction of sp³-hybridized carbons (Fsp3) is 1.00. The first kappa shape index (κ1) is 11.0. The molecule has 1 nitrogen and oxygen atoms in total. The molecule has 1 aliphatic rings. The average molecular weight is 183 g/mol. The van der Waals surface area contributed by atoms with E-state index in [0.717, 1.165) is 5.92 Å². The Hall–Kier alpha value is -0.0400. The van der Waals surface area contributed by atoms with Gasteiger partial charge in [-0.1, -0.05) is 33.6 Å². The van der Waals surface area contributed by atoms with Crippen LogP contribution < -0.4 is 5.32 Å². The molecule has 0 atom stereocenters. The van der Waals surface area contributed by atoms with Crippen molar-refractivity contribution in [3.8, 4) is 0 Å². The molecule has 0 saturated heterocycles. The molecule has 0 bridgehead atoms. The van der Waals surface area contributed by atoms with Gasteiger partial charge in [-0.15, -0.1) is 0 Å². The zero-order valence-electron chi connectivity index (χ0n) is 9.53. The first-order valence-corrected chi connectivity index (χ1v) is 5.79. The lowest BCUT2D eigenvalue weighted by Gasteiger charge is -2.19. The fourth-order valence-electron chi connectivity index (χ4n) is 1.98. The van der Waals surface area contributed by atoms with Crippen molar-refractivity contribution < 1.29 is 0 Å². The zero-order valence-corrected chi connectivity index (χ0v) is 9.53. The fourth-order valence-corrected chi connectivity index (χ4v) is 1.98. The first-order valence-electron chi connectivity index (χ1n) is 5.79. The van der Waals surface area contributed by atoms with Crippen LogP contribution in [-0.4, -0.2) is 13.1 Å². The molecule has 0 aromatic carbocycles. The van der Waals surface area contributed by atoms with Gasteiger partial charge in [0.2, 0.25) is 0 Å². The van der Waals surface area contributed by atoms with Crippen LogP contribution >= 0.6 is 0 Å². The zero-order chi connectivity index (χ0) is 9.73.